The lowest BCUT2D eigenvalue weighted by Crippen LogP contribution is -2.31. The predicted molar refractivity (Wildman–Crippen MR) is 106 cm³/mol. The zero-order valence-electron chi connectivity index (χ0n) is 15.7. The highest BCUT2D eigenvalue weighted by atomic mass is 15.2. The molecule has 0 amide bonds. The van der Waals surface area contributed by atoms with Gasteiger partial charge in [-0.3, -0.25) is 0 Å². The van der Waals surface area contributed by atoms with Gasteiger partial charge in [0, 0.05) is 40.9 Å². The molecule has 2 heterocycles. The number of benzene rings is 2. The molecule has 1 aromatic heterocycles. The van der Waals surface area contributed by atoms with Gasteiger partial charge in [-0.25, -0.2) is 0 Å². The minimum absolute atomic E-state index is 0.296. The fourth-order valence-electron chi connectivity index (χ4n) is 4.65. The highest BCUT2D eigenvalue weighted by Gasteiger charge is 2.35. The molecule has 0 saturated heterocycles. The molecule has 0 fully saturated rings. The Morgan fingerprint density at radius 1 is 0.962 bits per heavy atom. The van der Waals surface area contributed by atoms with Crippen molar-refractivity contribution in [3.63, 3.8) is 0 Å². The van der Waals surface area contributed by atoms with Crippen LogP contribution in [0.4, 0.5) is 5.69 Å². The van der Waals surface area contributed by atoms with Gasteiger partial charge in [-0.15, -0.1) is 0 Å². The Bertz CT molecular complexity index is 1040. The molecule has 1 aliphatic heterocycles. The van der Waals surface area contributed by atoms with Gasteiger partial charge in [0.1, 0.15) is 0 Å². The van der Waals surface area contributed by atoms with Crippen LogP contribution >= 0.6 is 0 Å². The molecule has 3 heteroatoms. The maximum Gasteiger partial charge on any atom is 0.0788 e. The zero-order chi connectivity index (χ0) is 18.0. The van der Waals surface area contributed by atoms with Gasteiger partial charge < -0.3 is 4.90 Å². The van der Waals surface area contributed by atoms with E-state index >= 15 is 0 Å². The summed E-state index contributed by atoms with van der Waals surface area (Å²) in [5.74, 6) is 0.296. The largest absolute Gasteiger partial charge is 0.364 e. The van der Waals surface area contributed by atoms with Crippen LogP contribution in [0.2, 0.25) is 0 Å². The molecule has 0 radical (unpaired) electrons. The molecule has 1 unspecified atom stereocenters. The van der Waals surface area contributed by atoms with E-state index in [1.165, 1.54) is 39.1 Å². The highest BCUT2D eigenvalue weighted by molar-refractivity contribution is 5.97. The van der Waals surface area contributed by atoms with Crippen LogP contribution in [0.3, 0.4) is 0 Å². The van der Waals surface area contributed by atoms with E-state index < -0.39 is 0 Å². The van der Waals surface area contributed by atoms with Gasteiger partial charge in [-0.2, -0.15) is 10.2 Å². The number of nitrogens with zero attached hydrogens (tertiary/aromatic N) is 3. The summed E-state index contributed by atoms with van der Waals surface area (Å²) in [7, 11) is 0. The number of hydrogen-bond acceptors (Lipinski definition) is 3. The smallest absolute Gasteiger partial charge is 0.0788 e. The summed E-state index contributed by atoms with van der Waals surface area (Å²) in [6.07, 6.45) is 0. The Balaban J connectivity index is 1.97. The van der Waals surface area contributed by atoms with Gasteiger partial charge in [-0.05, 0) is 43.5 Å². The molecule has 0 N–H and O–H groups in total. The van der Waals surface area contributed by atoms with E-state index in [0.29, 0.717) is 12.0 Å². The third-order valence-electron chi connectivity index (χ3n) is 5.93. The molecule has 130 valence electrons. The number of fused-ring (bicyclic) bond motifs is 2. The van der Waals surface area contributed by atoms with E-state index in [9.17, 15) is 0 Å². The topological polar surface area (TPSA) is 29.0 Å². The molecule has 2 aromatic carbocycles. The summed E-state index contributed by atoms with van der Waals surface area (Å²) in [4.78, 5) is 2.51. The standard InChI is InChI=1S/C23H23N3/c1-13(2)26-12-16-8-7-10-17-14(3)23-22(21(16)17)20(15(4)24-25-23)18-9-5-6-11-19(18)26/h5-11,13-14H,12H2,1-4H3. The van der Waals surface area contributed by atoms with E-state index in [1.54, 1.807) is 0 Å². The van der Waals surface area contributed by atoms with Crippen LogP contribution in [0, 0.1) is 6.92 Å². The van der Waals surface area contributed by atoms with Crippen molar-refractivity contribution >= 4 is 5.69 Å². The van der Waals surface area contributed by atoms with Gasteiger partial charge in [-0.1, -0.05) is 43.3 Å². The van der Waals surface area contributed by atoms with Crippen molar-refractivity contribution in [3.05, 3.63) is 65.0 Å². The molecule has 2 aliphatic rings. The van der Waals surface area contributed by atoms with Crippen LogP contribution in [-0.4, -0.2) is 16.2 Å². The van der Waals surface area contributed by atoms with Crippen molar-refractivity contribution in [2.45, 2.75) is 46.2 Å². The summed E-state index contributed by atoms with van der Waals surface area (Å²) in [5, 5.41) is 9.18. The Morgan fingerprint density at radius 3 is 2.58 bits per heavy atom. The lowest BCUT2D eigenvalue weighted by atomic mass is 9.89. The summed E-state index contributed by atoms with van der Waals surface area (Å²) in [5.41, 5.74) is 11.4. The molecule has 0 spiro atoms. The average molecular weight is 341 g/mol. The van der Waals surface area contributed by atoms with E-state index in [0.717, 1.165) is 17.9 Å². The molecular formula is C23H23N3. The predicted octanol–water partition coefficient (Wildman–Crippen LogP) is 5.31. The van der Waals surface area contributed by atoms with Crippen molar-refractivity contribution in [3.8, 4) is 22.3 Å². The van der Waals surface area contributed by atoms with Crippen LogP contribution < -0.4 is 4.90 Å². The molecule has 0 saturated carbocycles. The quantitative estimate of drug-likeness (QED) is 0.600. The summed E-state index contributed by atoms with van der Waals surface area (Å²) < 4.78 is 0. The second-order valence-electron chi connectivity index (χ2n) is 7.76. The number of aryl methyl sites for hydroxylation is 1. The van der Waals surface area contributed by atoms with Crippen molar-refractivity contribution in [1.29, 1.82) is 0 Å². The maximum absolute atomic E-state index is 4.63. The number of aromatic nitrogens is 2. The van der Waals surface area contributed by atoms with Gasteiger partial charge >= 0.3 is 0 Å². The SMILES string of the molecule is Cc1nnc2c3c1-c1ccccc1N(C(C)C)Cc1cccc(c1-3)C2C. The lowest BCUT2D eigenvalue weighted by Gasteiger charge is -2.34. The number of anilines is 1. The van der Waals surface area contributed by atoms with Gasteiger partial charge in [0.2, 0.25) is 0 Å². The summed E-state index contributed by atoms with van der Waals surface area (Å²) in [6, 6.07) is 15.9. The fourth-order valence-corrected chi connectivity index (χ4v) is 4.65. The van der Waals surface area contributed by atoms with Crippen molar-refractivity contribution in [2.75, 3.05) is 4.90 Å². The molecule has 1 aliphatic carbocycles. The van der Waals surface area contributed by atoms with Crippen molar-refractivity contribution < 1.29 is 0 Å². The second kappa shape index (κ2) is 5.41. The van der Waals surface area contributed by atoms with Crippen LogP contribution in [0.25, 0.3) is 22.3 Å². The van der Waals surface area contributed by atoms with Gasteiger partial charge in [0.25, 0.3) is 0 Å². The lowest BCUT2D eigenvalue weighted by molar-refractivity contribution is 0.683. The first kappa shape index (κ1) is 15.6. The van der Waals surface area contributed by atoms with E-state index in [-0.39, 0.29) is 0 Å². The molecule has 3 aromatic rings. The number of hydrogen-bond donors (Lipinski definition) is 0. The van der Waals surface area contributed by atoms with E-state index in [4.69, 9.17) is 0 Å². The number of rotatable bonds is 1. The molecule has 3 nitrogen and oxygen atoms in total. The Morgan fingerprint density at radius 2 is 1.77 bits per heavy atom. The molecule has 26 heavy (non-hydrogen) atoms. The summed E-state index contributed by atoms with van der Waals surface area (Å²) >= 11 is 0. The molecular weight excluding hydrogens is 318 g/mol. The van der Waals surface area contributed by atoms with Crippen LogP contribution in [0.15, 0.2) is 42.5 Å². The Kier molecular flexibility index (Phi) is 3.24. The van der Waals surface area contributed by atoms with Gasteiger partial charge in [0.05, 0.1) is 11.4 Å². The first-order valence-electron chi connectivity index (χ1n) is 9.43. The number of para-hydroxylation sites is 1. The second-order valence-corrected chi connectivity index (χ2v) is 7.76. The van der Waals surface area contributed by atoms with E-state index in [1.807, 2.05) is 0 Å². The zero-order valence-corrected chi connectivity index (χ0v) is 15.7. The first-order chi connectivity index (χ1) is 12.6. The van der Waals surface area contributed by atoms with Gasteiger partial charge in [0.15, 0.2) is 0 Å². The molecule has 1 atom stereocenters. The Hall–Kier alpha value is -2.68. The van der Waals surface area contributed by atoms with Crippen molar-refractivity contribution in [2.24, 2.45) is 0 Å². The van der Waals surface area contributed by atoms with Crippen LogP contribution in [-0.2, 0) is 6.54 Å². The van der Waals surface area contributed by atoms with Crippen LogP contribution in [0.1, 0.15) is 49.2 Å². The Labute approximate surface area is 154 Å². The third-order valence-corrected chi connectivity index (χ3v) is 5.93. The minimum Gasteiger partial charge on any atom is -0.364 e. The van der Waals surface area contributed by atoms with Crippen LogP contribution in [0.5, 0.6) is 0 Å². The first-order valence-corrected chi connectivity index (χ1v) is 9.43. The highest BCUT2D eigenvalue weighted by Crippen LogP contribution is 2.52. The molecule has 0 bridgehead atoms. The monoisotopic (exact) mass is 341 g/mol. The normalized spacial score (nSPS) is 17.0. The average Bonchev–Trinajstić information content (AvgIpc) is 2.91. The fraction of sp³-hybridized carbons (Fsp3) is 0.304. The van der Waals surface area contributed by atoms with E-state index in [2.05, 4.69) is 85.3 Å². The third kappa shape index (κ3) is 1.94. The maximum atomic E-state index is 4.63. The molecule has 5 rings (SSSR count). The minimum atomic E-state index is 0.296. The van der Waals surface area contributed by atoms with Crippen molar-refractivity contribution in [1.82, 2.24) is 10.2 Å². The summed E-state index contributed by atoms with van der Waals surface area (Å²) in [6.45, 7) is 9.81.